The van der Waals surface area contributed by atoms with Gasteiger partial charge in [0, 0.05) is 18.1 Å². The number of nitrogens with two attached hydrogens (primary N) is 1. The van der Waals surface area contributed by atoms with E-state index in [0.717, 1.165) is 12.7 Å². The molecule has 1 fully saturated rings. The fourth-order valence-corrected chi connectivity index (χ4v) is 3.27. The Morgan fingerprint density at radius 1 is 1.50 bits per heavy atom. The first kappa shape index (κ1) is 17.1. The molecule has 8 heteroatoms. The summed E-state index contributed by atoms with van der Waals surface area (Å²) in [6.07, 6.45) is 1.86. The van der Waals surface area contributed by atoms with Crippen LogP contribution in [0.2, 0.25) is 5.02 Å². The van der Waals surface area contributed by atoms with Crippen molar-refractivity contribution in [1.29, 1.82) is 0 Å². The molecule has 122 valence electrons. The van der Waals surface area contributed by atoms with Gasteiger partial charge in [0.25, 0.3) is 5.91 Å². The lowest BCUT2D eigenvalue weighted by Crippen LogP contribution is -2.34. The van der Waals surface area contributed by atoms with E-state index in [-0.39, 0.29) is 22.6 Å². The van der Waals surface area contributed by atoms with Crippen LogP contribution in [-0.2, 0) is 10.0 Å². The molecule has 0 aliphatic carbocycles. The number of anilines is 1. The second-order valence-corrected chi connectivity index (χ2v) is 8.24. The Hall–Kier alpha value is -1.31. The van der Waals surface area contributed by atoms with Gasteiger partial charge >= 0.3 is 0 Å². The first-order chi connectivity index (χ1) is 10.1. The Balaban J connectivity index is 2.31. The van der Waals surface area contributed by atoms with Gasteiger partial charge < -0.3 is 10.6 Å². The van der Waals surface area contributed by atoms with Crippen LogP contribution in [0.4, 0.5) is 5.69 Å². The number of hydrogen-bond acceptors (Lipinski definition) is 4. The molecule has 1 aromatic carbocycles. The molecule has 2 rings (SSSR count). The molecule has 3 N–H and O–H groups in total. The maximum atomic E-state index is 12.7. The predicted molar refractivity (Wildman–Crippen MR) is 87.6 cm³/mol. The van der Waals surface area contributed by atoms with Crippen LogP contribution in [0.3, 0.4) is 0 Å². The summed E-state index contributed by atoms with van der Waals surface area (Å²) in [6.45, 7) is 3.68. The third-order valence-corrected chi connectivity index (χ3v) is 4.67. The van der Waals surface area contributed by atoms with Crippen LogP contribution in [0.1, 0.15) is 23.7 Å². The van der Waals surface area contributed by atoms with E-state index in [1.54, 1.807) is 11.0 Å². The summed E-state index contributed by atoms with van der Waals surface area (Å²) in [5.74, 6) is -0.245. The van der Waals surface area contributed by atoms with E-state index in [9.17, 15) is 13.2 Å². The summed E-state index contributed by atoms with van der Waals surface area (Å²) in [5.41, 5.74) is 6.14. The molecule has 1 amide bonds. The molecule has 0 aromatic heterocycles. The van der Waals surface area contributed by atoms with Crippen LogP contribution in [0, 0.1) is 5.41 Å². The fraction of sp³-hybridized carbons (Fsp3) is 0.500. The minimum atomic E-state index is -3.48. The highest BCUT2D eigenvalue weighted by atomic mass is 35.5. The second-order valence-electron chi connectivity index (χ2n) is 6.06. The van der Waals surface area contributed by atoms with Crippen LogP contribution in [-0.4, -0.2) is 45.1 Å². The number of sulfonamides is 1. The highest BCUT2D eigenvalue weighted by molar-refractivity contribution is 7.92. The van der Waals surface area contributed by atoms with Crippen LogP contribution < -0.4 is 10.5 Å². The molecule has 6 nitrogen and oxygen atoms in total. The number of nitrogens with zero attached hydrogens (tertiary/aromatic N) is 1. The molecule has 0 spiro atoms. The Labute approximate surface area is 135 Å². The lowest BCUT2D eigenvalue weighted by molar-refractivity contribution is 0.0778. The van der Waals surface area contributed by atoms with Crippen LogP contribution >= 0.6 is 11.6 Å². The van der Waals surface area contributed by atoms with Crippen LogP contribution in [0.25, 0.3) is 0 Å². The van der Waals surface area contributed by atoms with Gasteiger partial charge in [0.2, 0.25) is 10.0 Å². The predicted octanol–water partition coefficient (Wildman–Crippen LogP) is 1.52. The van der Waals surface area contributed by atoms with Crippen molar-refractivity contribution in [3.05, 3.63) is 28.8 Å². The zero-order valence-electron chi connectivity index (χ0n) is 12.6. The number of hydrogen-bond donors (Lipinski definition) is 2. The van der Waals surface area contributed by atoms with Gasteiger partial charge in [-0.2, -0.15) is 0 Å². The third-order valence-electron chi connectivity index (χ3n) is 3.85. The number of likely N-dealkylation sites (tertiary alicyclic amines) is 1. The molecular weight excluding hydrogens is 326 g/mol. The molecule has 1 atom stereocenters. The van der Waals surface area contributed by atoms with E-state index < -0.39 is 10.0 Å². The largest absolute Gasteiger partial charge is 0.338 e. The molecule has 1 aromatic rings. The molecule has 1 unspecified atom stereocenters. The van der Waals surface area contributed by atoms with Gasteiger partial charge in [0.1, 0.15) is 0 Å². The molecule has 1 heterocycles. The minimum Gasteiger partial charge on any atom is -0.338 e. The van der Waals surface area contributed by atoms with Gasteiger partial charge in [-0.3, -0.25) is 9.52 Å². The molecule has 0 saturated carbocycles. The fourth-order valence-electron chi connectivity index (χ4n) is 2.52. The lowest BCUT2D eigenvalue weighted by Gasteiger charge is -2.23. The van der Waals surface area contributed by atoms with Crippen molar-refractivity contribution in [3.8, 4) is 0 Å². The summed E-state index contributed by atoms with van der Waals surface area (Å²) in [4.78, 5) is 14.4. The van der Waals surface area contributed by atoms with E-state index in [2.05, 4.69) is 4.72 Å². The number of carbonyl (C=O) groups excluding carboxylic acids is 1. The van der Waals surface area contributed by atoms with Crippen molar-refractivity contribution in [3.63, 3.8) is 0 Å². The average Bonchev–Trinajstić information content (AvgIpc) is 2.82. The molecule has 1 saturated heterocycles. The molecule has 0 bridgehead atoms. The summed E-state index contributed by atoms with van der Waals surface area (Å²) in [6, 6.07) is 4.52. The van der Waals surface area contributed by atoms with E-state index in [1.807, 2.05) is 6.92 Å². The zero-order valence-corrected chi connectivity index (χ0v) is 14.2. The Morgan fingerprint density at radius 3 is 2.73 bits per heavy atom. The summed E-state index contributed by atoms with van der Waals surface area (Å²) in [7, 11) is -3.48. The molecule has 1 aliphatic rings. The monoisotopic (exact) mass is 345 g/mol. The zero-order chi connectivity index (χ0) is 16.5. The summed E-state index contributed by atoms with van der Waals surface area (Å²) in [5, 5.41) is 0.378. The van der Waals surface area contributed by atoms with E-state index in [4.69, 9.17) is 17.3 Å². The summed E-state index contributed by atoms with van der Waals surface area (Å²) >= 11 is 5.95. The second kappa shape index (κ2) is 6.06. The number of halogens is 1. The van der Waals surface area contributed by atoms with Gasteiger partial charge in [-0.05, 0) is 36.6 Å². The molecule has 22 heavy (non-hydrogen) atoms. The van der Waals surface area contributed by atoms with Gasteiger partial charge in [-0.15, -0.1) is 0 Å². The Kier molecular flexibility index (Phi) is 4.70. The smallest absolute Gasteiger partial charge is 0.256 e. The molecule has 1 aliphatic heterocycles. The number of nitrogens with one attached hydrogen (secondary N) is 1. The quantitative estimate of drug-likeness (QED) is 0.865. The van der Waals surface area contributed by atoms with Crippen molar-refractivity contribution in [2.75, 3.05) is 30.6 Å². The normalized spacial score (nSPS) is 21.9. The maximum absolute atomic E-state index is 12.7. The van der Waals surface area contributed by atoms with Gasteiger partial charge in [0.15, 0.2) is 0 Å². The highest BCUT2D eigenvalue weighted by Gasteiger charge is 2.35. The van der Waals surface area contributed by atoms with Crippen molar-refractivity contribution < 1.29 is 13.2 Å². The molecule has 0 radical (unpaired) electrons. The number of benzene rings is 1. The lowest BCUT2D eigenvalue weighted by atomic mass is 9.90. The van der Waals surface area contributed by atoms with Crippen molar-refractivity contribution in [2.45, 2.75) is 13.3 Å². The minimum absolute atomic E-state index is 0.0986. The number of rotatable bonds is 4. The Morgan fingerprint density at radius 2 is 2.18 bits per heavy atom. The number of carbonyl (C=O) groups is 1. The summed E-state index contributed by atoms with van der Waals surface area (Å²) < 4.78 is 25.2. The van der Waals surface area contributed by atoms with Gasteiger partial charge in [-0.1, -0.05) is 18.5 Å². The van der Waals surface area contributed by atoms with Crippen LogP contribution in [0.15, 0.2) is 18.2 Å². The van der Waals surface area contributed by atoms with Crippen molar-refractivity contribution >= 4 is 33.2 Å². The van der Waals surface area contributed by atoms with E-state index in [1.165, 1.54) is 12.1 Å². The van der Waals surface area contributed by atoms with E-state index in [0.29, 0.717) is 24.7 Å². The SMILES string of the molecule is CC1(CN)CCN(C(=O)c2cc(Cl)ccc2NS(C)(=O)=O)C1. The average molecular weight is 346 g/mol. The van der Waals surface area contributed by atoms with Crippen LogP contribution in [0.5, 0.6) is 0 Å². The number of amides is 1. The topological polar surface area (TPSA) is 92.5 Å². The molecular formula is C14H20ClN3O3S. The first-order valence-electron chi connectivity index (χ1n) is 6.90. The standard InChI is InChI=1S/C14H20ClN3O3S/c1-14(8-16)5-6-18(9-14)13(19)11-7-10(15)3-4-12(11)17-22(2,20)21/h3-4,7,17H,5-6,8-9,16H2,1-2H3. The van der Waals surface area contributed by atoms with Crippen molar-refractivity contribution in [2.24, 2.45) is 11.1 Å². The Bertz CT molecular complexity index is 693. The first-order valence-corrected chi connectivity index (χ1v) is 9.17. The van der Waals surface area contributed by atoms with Crippen molar-refractivity contribution in [1.82, 2.24) is 4.90 Å². The van der Waals surface area contributed by atoms with Gasteiger partial charge in [-0.25, -0.2) is 8.42 Å². The third kappa shape index (κ3) is 3.91. The van der Waals surface area contributed by atoms with Gasteiger partial charge in [0.05, 0.1) is 17.5 Å². The highest BCUT2D eigenvalue weighted by Crippen LogP contribution is 2.31. The van der Waals surface area contributed by atoms with E-state index >= 15 is 0 Å². The maximum Gasteiger partial charge on any atom is 0.256 e.